The third-order valence-corrected chi connectivity index (χ3v) is 4.89. The maximum atomic E-state index is 12.6. The molecule has 0 aromatic heterocycles. The van der Waals surface area contributed by atoms with Gasteiger partial charge in [-0.3, -0.25) is 9.59 Å². The fourth-order valence-electron chi connectivity index (χ4n) is 3.34. The van der Waals surface area contributed by atoms with Crippen molar-refractivity contribution in [3.05, 3.63) is 65.7 Å². The van der Waals surface area contributed by atoms with Gasteiger partial charge in [-0.1, -0.05) is 24.3 Å². The maximum absolute atomic E-state index is 12.6. The Balaban J connectivity index is 1.57. The Morgan fingerprint density at radius 1 is 0.867 bits per heavy atom. The van der Waals surface area contributed by atoms with Gasteiger partial charge in [-0.2, -0.15) is 0 Å². The highest BCUT2D eigenvalue weighted by Crippen LogP contribution is 2.29. The van der Waals surface area contributed by atoms with Crippen molar-refractivity contribution in [3.8, 4) is 11.5 Å². The van der Waals surface area contributed by atoms with Crippen molar-refractivity contribution in [2.75, 3.05) is 39.4 Å². The number of piperazine rings is 1. The lowest BCUT2D eigenvalue weighted by molar-refractivity contribution is -0.127. The molecule has 0 spiro atoms. The van der Waals surface area contributed by atoms with Gasteiger partial charge in [0, 0.05) is 37.8 Å². The fraction of sp³-hybridized carbons (Fsp3) is 0.333. The van der Waals surface area contributed by atoms with Crippen LogP contribution < -0.4 is 9.47 Å². The van der Waals surface area contributed by atoms with Crippen LogP contribution in [0.1, 0.15) is 29.8 Å². The second-order valence-electron chi connectivity index (χ2n) is 6.89. The van der Waals surface area contributed by atoms with Crippen LogP contribution in [0, 0.1) is 0 Å². The average Bonchev–Trinajstić information content (AvgIpc) is 2.79. The average molecular weight is 408 g/mol. The van der Waals surface area contributed by atoms with Crippen molar-refractivity contribution < 1.29 is 19.1 Å². The van der Waals surface area contributed by atoms with E-state index in [0.717, 1.165) is 5.56 Å². The first-order chi connectivity index (χ1) is 14.6. The first-order valence-corrected chi connectivity index (χ1v) is 10.3. The molecule has 0 aliphatic carbocycles. The monoisotopic (exact) mass is 408 g/mol. The zero-order chi connectivity index (χ0) is 21.3. The van der Waals surface area contributed by atoms with Crippen LogP contribution in [0.25, 0.3) is 6.08 Å². The molecule has 0 bridgehead atoms. The molecule has 3 rings (SSSR count). The van der Waals surface area contributed by atoms with Crippen molar-refractivity contribution in [3.63, 3.8) is 0 Å². The Kier molecular flexibility index (Phi) is 7.49. The van der Waals surface area contributed by atoms with Crippen LogP contribution in [0.5, 0.6) is 11.5 Å². The number of ether oxygens (including phenoxy) is 2. The highest BCUT2D eigenvalue weighted by Gasteiger charge is 2.23. The number of rotatable bonds is 7. The summed E-state index contributed by atoms with van der Waals surface area (Å²) in [6.07, 6.45) is 3.35. The number of amides is 2. The smallest absolute Gasteiger partial charge is 0.253 e. The number of carbonyl (C=O) groups is 2. The standard InChI is InChI=1S/C24H28N2O4/c1-3-29-21-12-10-19(18-22(21)30-4-2)11-13-23(27)25-14-16-26(17-15-25)24(28)20-8-6-5-7-9-20/h5-13,18H,3-4,14-17H2,1-2H3/b13-11+. The Morgan fingerprint density at radius 2 is 1.50 bits per heavy atom. The topological polar surface area (TPSA) is 59.1 Å². The second kappa shape index (κ2) is 10.5. The molecule has 0 radical (unpaired) electrons. The molecule has 158 valence electrons. The van der Waals surface area contributed by atoms with E-state index in [2.05, 4.69) is 0 Å². The van der Waals surface area contributed by atoms with Crippen LogP contribution >= 0.6 is 0 Å². The van der Waals surface area contributed by atoms with E-state index in [4.69, 9.17) is 9.47 Å². The highest BCUT2D eigenvalue weighted by molar-refractivity contribution is 5.95. The highest BCUT2D eigenvalue weighted by atomic mass is 16.5. The molecule has 1 aliphatic rings. The van der Waals surface area contributed by atoms with Gasteiger partial charge in [-0.05, 0) is 49.8 Å². The Hall–Kier alpha value is -3.28. The molecular weight excluding hydrogens is 380 g/mol. The predicted molar refractivity (Wildman–Crippen MR) is 117 cm³/mol. The fourth-order valence-corrected chi connectivity index (χ4v) is 3.34. The van der Waals surface area contributed by atoms with E-state index in [9.17, 15) is 9.59 Å². The van der Waals surface area contributed by atoms with Gasteiger partial charge in [0.2, 0.25) is 5.91 Å². The largest absolute Gasteiger partial charge is 0.490 e. The molecule has 1 fully saturated rings. The summed E-state index contributed by atoms with van der Waals surface area (Å²) in [6.45, 7) is 7.06. The van der Waals surface area contributed by atoms with Crippen LogP contribution in [-0.2, 0) is 4.79 Å². The summed E-state index contributed by atoms with van der Waals surface area (Å²) in [5, 5.41) is 0. The summed E-state index contributed by atoms with van der Waals surface area (Å²) >= 11 is 0. The molecule has 2 amide bonds. The normalized spacial score (nSPS) is 14.1. The Bertz CT molecular complexity index is 887. The van der Waals surface area contributed by atoms with Crippen LogP contribution in [0.4, 0.5) is 0 Å². The maximum Gasteiger partial charge on any atom is 0.253 e. The molecule has 2 aromatic carbocycles. The van der Waals surface area contributed by atoms with E-state index >= 15 is 0 Å². The summed E-state index contributed by atoms with van der Waals surface area (Å²) in [5.41, 5.74) is 1.55. The van der Waals surface area contributed by atoms with Crippen molar-refractivity contribution in [1.82, 2.24) is 9.80 Å². The third kappa shape index (κ3) is 5.41. The lowest BCUT2D eigenvalue weighted by Gasteiger charge is -2.34. The number of nitrogens with zero attached hydrogens (tertiary/aromatic N) is 2. The van der Waals surface area contributed by atoms with Crippen LogP contribution in [-0.4, -0.2) is 61.0 Å². The number of benzene rings is 2. The van der Waals surface area contributed by atoms with Crippen molar-refractivity contribution >= 4 is 17.9 Å². The Morgan fingerprint density at radius 3 is 2.17 bits per heavy atom. The number of carbonyl (C=O) groups excluding carboxylic acids is 2. The zero-order valence-electron chi connectivity index (χ0n) is 17.5. The van der Waals surface area contributed by atoms with Gasteiger partial charge in [-0.15, -0.1) is 0 Å². The van der Waals surface area contributed by atoms with Gasteiger partial charge in [0.25, 0.3) is 5.91 Å². The lowest BCUT2D eigenvalue weighted by Crippen LogP contribution is -2.50. The Labute approximate surface area is 177 Å². The van der Waals surface area contributed by atoms with E-state index < -0.39 is 0 Å². The van der Waals surface area contributed by atoms with Gasteiger partial charge in [0.1, 0.15) is 0 Å². The van der Waals surface area contributed by atoms with E-state index in [0.29, 0.717) is 56.5 Å². The molecule has 0 unspecified atom stereocenters. The van der Waals surface area contributed by atoms with Gasteiger partial charge in [0.05, 0.1) is 13.2 Å². The third-order valence-electron chi connectivity index (χ3n) is 4.89. The molecule has 0 N–H and O–H groups in total. The van der Waals surface area contributed by atoms with Gasteiger partial charge in [0.15, 0.2) is 11.5 Å². The lowest BCUT2D eigenvalue weighted by atomic mass is 10.1. The molecule has 30 heavy (non-hydrogen) atoms. The van der Waals surface area contributed by atoms with Gasteiger partial charge in [-0.25, -0.2) is 0 Å². The van der Waals surface area contributed by atoms with E-state index in [1.807, 2.05) is 62.4 Å². The summed E-state index contributed by atoms with van der Waals surface area (Å²) in [4.78, 5) is 28.7. The summed E-state index contributed by atoms with van der Waals surface area (Å²) < 4.78 is 11.2. The SMILES string of the molecule is CCOc1ccc(/C=C/C(=O)N2CCN(C(=O)c3ccccc3)CC2)cc1OCC. The zero-order valence-corrected chi connectivity index (χ0v) is 17.5. The van der Waals surface area contributed by atoms with Crippen LogP contribution in [0.3, 0.4) is 0 Å². The van der Waals surface area contributed by atoms with E-state index in [1.54, 1.807) is 22.0 Å². The predicted octanol–water partition coefficient (Wildman–Crippen LogP) is 3.48. The molecule has 1 heterocycles. The van der Waals surface area contributed by atoms with Crippen molar-refractivity contribution in [2.24, 2.45) is 0 Å². The molecule has 0 saturated carbocycles. The molecule has 2 aromatic rings. The first kappa shape index (κ1) is 21.4. The van der Waals surface area contributed by atoms with Crippen molar-refractivity contribution in [2.45, 2.75) is 13.8 Å². The molecule has 1 saturated heterocycles. The minimum absolute atomic E-state index is 0.0103. The number of hydrogen-bond acceptors (Lipinski definition) is 4. The molecular formula is C24H28N2O4. The van der Waals surface area contributed by atoms with Crippen LogP contribution in [0.2, 0.25) is 0 Å². The molecule has 0 atom stereocenters. The van der Waals surface area contributed by atoms with E-state index in [1.165, 1.54) is 0 Å². The summed E-state index contributed by atoms with van der Waals surface area (Å²) in [6, 6.07) is 14.9. The molecule has 1 aliphatic heterocycles. The van der Waals surface area contributed by atoms with Crippen molar-refractivity contribution in [1.29, 1.82) is 0 Å². The van der Waals surface area contributed by atoms with Crippen LogP contribution in [0.15, 0.2) is 54.6 Å². The minimum atomic E-state index is -0.0614. The molecule has 6 heteroatoms. The molecule has 6 nitrogen and oxygen atoms in total. The number of hydrogen-bond donors (Lipinski definition) is 0. The first-order valence-electron chi connectivity index (χ1n) is 10.3. The van der Waals surface area contributed by atoms with E-state index in [-0.39, 0.29) is 11.8 Å². The van der Waals surface area contributed by atoms with Gasteiger partial charge >= 0.3 is 0 Å². The minimum Gasteiger partial charge on any atom is -0.490 e. The second-order valence-corrected chi connectivity index (χ2v) is 6.89. The quantitative estimate of drug-likeness (QED) is 0.658. The summed E-state index contributed by atoms with van der Waals surface area (Å²) in [7, 11) is 0. The van der Waals surface area contributed by atoms with Gasteiger partial charge < -0.3 is 19.3 Å². The summed E-state index contributed by atoms with van der Waals surface area (Å²) in [5.74, 6) is 1.31.